The summed E-state index contributed by atoms with van der Waals surface area (Å²) in [4.78, 5) is 12.8. The summed E-state index contributed by atoms with van der Waals surface area (Å²) >= 11 is 11.8. The molecule has 4 nitrogen and oxygen atoms in total. The Balaban J connectivity index is 2.12. The van der Waals surface area contributed by atoms with E-state index in [1.54, 1.807) is 36.4 Å². The standard InChI is InChI=1S/C13H11ClN2O2S2/c14-11-6-5-10(20-11)13(17)16-8-3-1-2-4-9(8)18-7-12(15)19/h1-6H,7H2,(H2,15,19)(H,16,17). The first-order valence-electron chi connectivity index (χ1n) is 5.63. The second-order valence-corrected chi connectivity index (χ2v) is 6.05. The monoisotopic (exact) mass is 326 g/mol. The summed E-state index contributed by atoms with van der Waals surface area (Å²) in [7, 11) is 0. The average Bonchev–Trinajstić information content (AvgIpc) is 2.84. The lowest BCUT2D eigenvalue weighted by Crippen LogP contribution is -2.19. The minimum atomic E-state index is -0.242. The molecule has 2 aromatic rings. The molecule has 1 aromatic heterocycles. The van der Waals surface area contributed by atoms with Crippen LogP contribution in [0.15, 0.2) is 36.4 Å². The van der Waals surface area contributed by atoms with Crippen LogP contribution in [0.1, 0.15) is 9.67 Å². The first-order chi connectivity index (χ1) is 9.56. The number of carbonyl (C=O) groups excluding carboxylic acids is 1. The molecule has 7 heteroatoms. The van der Waals surface area contributed by atoms with Crippen molar-refractivity contribution in [2.45, 2.75) is 0 Å². The van der Waals surface area contributed by atoms with Crippen molar-refractivity contribution >= 4 is 51.7 Å². The molecule has 0 bridgehead atoms. The van der Waals surface area contributed by atoms with Gasteiger partial charge in [-0.3, -0.25) is 4.79 Å². The van der Waals surface area contributed by atoms with E-state index in [0.717, 1.165) is 0 Å². The van der Waals surface area contributed by atoms with Crippen molar-refractivity contribution in [1.29, 1.82) is 0 Å². The third kappa shape index (κ3) is 3.93. The highest BCUT2D eigenvalue weighted by Gasteiger charge is 2.11. The van der Waals surface area contributed by atoms with Gasteiger partial charge in [-0.05, 0) is 24.3 Å². The largest absolute Gasteiger partial charge is 0.484 e. The lowest BCUT2D eigenvalue weighted by Gasteiger charge is -2.11. The fourth-order valence-corrected chi connectivity index (χ4v) is 2.46. The zero-order chi connectivity index (χ0) is 14.5. The second kappa shape index (κ2) is 6.69. The predicted molar refractivity (Wildman–Crippen MR) is 86.0 cm³/mol. The van der Waals surface area contributed by atoms with Crippen LogP contribution in [0.25, 0.3) is 0 Å². The predicted octanol–water partition coefficient (Wildman–Crippen LogP) is 3.32. The van der Waals surface area contributed by atoms with Crippen LogP contribution in [0.4, 0.5) is 5.69 Å². The molecule has 2 rings (SSSR count). The van der Waals surface area contributed by atoms with Crippen molar-refractivity contribution in [3.63, 3.8) is 0 Å². The molecule has 0 saturated carbocycles. The number of rotatable bonds is 5. The maximum absolute atomic E-state index is 12.1. The summed E-state index contributed by atoms with van der Waals surface area (Å²) < 4.78 is 6.00. The van der Waals surface area contributed by atoms with Gasteiger partial charge in [-0.1, -0.05) is 36.0 Å². The van der Waals surface area contributed by atoms with Crippen LogP contribution in [0.2, 0.25) is 4.34 Å². The number of ether oxygens (including phenoxy) is 1. The molecule has 0 unspecified atom stereocenters. The third-order valence-electron chi connectivity index (χ3n) is 2.30. The molecule has 0 aliphatic rings. The van der Waals surface area contributed by atoms with Crippen LogP contribution in [0.3, 0.4) is 0 Å². The highest BCUT2D eigenvalue weighted by molar-refractivity contribution is 7.80. The number of hydrogen-bond donors (Lipinski definition) is 2. The lowest BCUT2D eigenvalue weighted by molar-refractivity contribution is 0.103. The zero-order valence-corrected chi connectivity index (χ0v) is 12.6. The van der Waals surface area contributed by atoms with E-state index in [1.165, 1.54) is 11.3 Å². The van der Waals surface area contributed by atoms with Gasteiger partial charge in [-0.25, -0.2) is 0 Å². The zero-order valence-electron chi connectivity index (χ0n) is 10.3. The number of nitrogens with two attached hydrogens (primary N) is 1. The summed E-state index contributed by atoms with van der Waals surface area (Å²) in [6.07, 6.45) is 0. The number of nitrogens with one attached hydrogen (secondary N) is 1. The van der Waals surface area contributed by atoms with Gasteiger partial charge in [0.25, 0.3) is 5.91 Å². The number of thiophene rings is 1. The normalized spacial score (nSPS) is 10.1. The Kier molecular flexibility index (Phi) is 4.94. The fourth-order valence-electron chi connectivity index (χ4n) is 1.46. The molecule has 3 N–H and O–H groups in total. The minimum Gasteiger partial charge on any atom is -0.484 e. The van der Waals surface area contributed by atoms with Crippen LogP contribution in [-0.2, 0) is 0 Å². The Morgan fingerprint density at radius 2 is 2.10 bits per heavy atom. The summed E-state index contributed by atoms with van der Waals surface area (Å²) in [5, 5.41) is 2.77. The van der Waals surface area contributed by atoms with Crippen LogP contribution < -0.4 is 15.8 Å². The van der Waals surface area contributed by atoms with Crippen molar-refractivity contribution in [2.75, 3.05) is 11.9 Å². The van der Waals surface area contributed by atoms with E-state index in [9.17, 15) is 4.79 Å². The van der Waals surface area contributed by atoms with Gasteiger partial charge < -0.3 is 15.8 Å². The van der Waals surface area contributed by atoms with Gasteiger partial charge in [0.1, 0.15) is 17.3 Å². The van der Waals surface area contributed by atoms with E-state index in [-0.39, 0.29) is 17.5 Å². The smallest absolute Gasteiger partial charge is 0.265 e. The summed E-state index contributed by atoms with van der Waals surface area (Å²) in [5.74, 6) is 0.268. The van der Waals surface area contributed by atoms with Crippen molar-refractivity contribution < 1.29 is 9.53 Å². The molecule has 20 heavy (non-hydrogen) atoms. The number of hydrogen-bond acceptors (Lipinski definition) is 4. The minimum absolute atomic E-state index is 0.118. The Morgan fingerprint density at radius 3 is 2.75 bits per heavy atom. The van der Waals surface area contributed by atoms with Crippen LogP contribution in [0.5, 0.6) is 5.75 Å². The van der Waals surface area contributed by atoms with Gasteiger partial charge in [0.15, 0.2) is 0 Å². The van der Waals surface area contributed by atoms with E-state index in [1.807, 2.05) is 0 Å². The lowest BCUT2D eigenvalue weighted by atomic mass is 10.3. The molecule has 1 heterocycles. The topological polar surface area (TPSA) is 64.3 Å². The van der Waals surface area contributed by atoms with Gasteiger partial charge in [-0.15, -0.1) is 11.3 Å². The molecule has 0 saturated heterocycles. The number of carbonyl (C=O) groups is 1. The molecule has 104 valence electrons. The number of amides is 1. The summed E-state index contributed by atoms with van der Waals surface area (Å²) in [5.41, 5.74) is 5.95. The van der Waals surface area contributed by atoms with Gasteiger partial charge >= 0.3 is 0 Å². The molecule has 0 atom stereocenters. The van der Waals surface area contributed by atoms with Gasteiger partial charge in [0.05, 0.1) is 14.9 Å². The second-order valence-electron chi connectivity index (χ2n) is 3.81. The van der Waals surface area contributed by atoms with Crippen LogP contribution >= 0.6 is 35.2 Å². The molecular formula is C13H11ClN2O2S2. The number of benzene rings is 1. The average molecular weight is 327 g/mol. The van der Waals surface area contributed by atoms with E-state index in [0.29, 0.717) is 20.7 Å². The van der Waals surface area contributed by atoms with E-state index in [4.69, 9.17) is 34.3 Å². The molecular weight excluding hydrogens is 316 g/mol. The third-order valence-corrected chi connectivity index (χ3v) is 3.65. The van der Waals surface area contributed by atoms with E-state index >= 15 is 0 Å². The van der Waals surface area contributed by atoms with Gasteiger partial charge in [-0.2, -0.15) is 0 Å². The molecule has 0 spiro atoms. The first kappa shape index (κ1) is 14.8. The quantitative estimate of drug-likeness (QED) is 0.827. The van der Waals surface area contributed by atoms with Crippen LogP contribution in [-0.4, -0.2) is 17.5 Å². The van der Waals surface area contributed by atoms with E-state index < -0.39 is 0 Å². The van der Waals surface area contributed by atoms with Crippen molar-refractivity contribution in [3.05, 3.63) is 45.6 Å². The Labute approximate surface area is 130 Å². The molecule has 0 aliphatic heterocycles. The number of halogens is 1. The van der Waals surface area contributed by atoms with Crippen molar-refractivity contribution in [3.8, 4) is 5.75 Å². The number of thiocarbonyl (C=S) groups is 1. The number of anilines is 1. The SMILES string of the molecule is NC(=S)COc1ccccc1NC(=O)c1ccc(Cl)s1. The fraction of sp³-hybridized carbons (Fsp3) is 0.0769. The Morgan fingerprint density at radius 1 is 1.35 bits per heavy atom. The van der Waals surface area contributed by atoms with E-state index in [2.05, 4.69) is 5.32 Å². The number of para-hydroxylation sites is 2. The molecule has 0 aliphatic carbocycles. The Bertz CT molecular complexity index is 643. The highest BCUT2D eigenvalue weighted by atomic mass is 35.5. The summed E-state index contributed by atoms with van der Waals surface area (Å²) in [6.45, 7) is 0.118. The highest BCUT2D eigenvalue weighted by Crippen LogP contribution is 2.26. The molecule has 0 fully saturated rings. The first-order valence-corrected chi connectivity index (χ1v) is 7.23. The van der Waals surface area contributed by atoms with Gasteiger partial charge in [0, 0.05) is 0 Å². The van der Waals surface area contributed by atoms with Crippen LogP contribution in [0, 0.1) is 0 Å². The maximum Gasteiger partial charge on any atom is 0.265 e. The molecule has 1 aromatic carbocycles. The summed E-state index contributed by atoms with van der Waals surface area (Å²) in [6, 6.07) is 10.4. The Hall–Kier alpha value is -1.63. The molecule has 0 radical (unpaired) electrons. The maximum atomic E-state index is 12.1. The van der Waals surface area contributed by atoms with Crippen molar-refractivity contribution in [1.82, 2.24) is 0 Å². The van der Waals surface area contributed by atoms with Crippen molar-refractivity contribution in [2.24, 2.45) is 5.73 Å². The molecule has 1 amide bonds. The van der Waals surface area contributed by atoms with Gasteiger partial charge in [0.2, 0.25) is 0 Å².